The second kappa shape index (κ2) is 8.28. The van der Waals surface area contributed by atoms with Gasteiger partial charge in [0.1, 0.15) is 18.0 Å². The zero-order valence-electron chi connectivity index (χ0n) is 15.4. The molecule has 146 valence electrons. The van der Waals surface area contributed by atoms with Gasteiger partial charge in [0.05, 0.1) is 18.8 Å². The number of nitrogens with two attached hydrogens (primary N) is 1. The number of nitrogens with zero attached hydrogens (tertiary/aromatic N) is 2. The molecule has 0 saturated carbocycles. The molecule has 3 N–H and O–H groups in total. The Morgan fingerprint density at radius 2 is 2.04 bits per heavy atom. The van der Waals surface area contributed by atoms with E-state index in [-0.39, 0.29) is 0 Å². The highest BCUT2D eigenvalue weighted by Gasteiger charge is 2.16. The summed E-state index contributed by atoms with van der Waals surface area (Å²) in [5.41, 5.74) is 6.46. The number of hydrogen-bond donors (Lipinski definition) is 2. The minimum Gasteiger partial charge on any atom is -0.474 e. The summed E-state index contributed by atoms with van der Waals surface area (Å²) in [4.78, 5) is 21.6. The van der Waals surface area contributed by atoms with Gasteiger partial charge in [0.25, 0.3) is 11.8 Å². The van der Waals surface area contributed by atoms with Crippen molar-refractivity contribution >= 4 is 16.9 Å². The molecule has 8 nitrogen and oxygen atoms in total. The van der Waals surface area contributed by atoms with Crippen LogP contribution in [0.1, 0.15) is 10.4 Å². The molecule has 0 radical (unpaired) electrons. The van der Waals surface area contributed by atoms with E-state index in [2.05, 4.69) is 14.9 Å². The molecule has 3 aromatic rings. The summed E-state index contributed by atoms with van der Waals surface area (Å²) in [6.45, 7) is 4.50. The number of carbonyl (C=O) groups is 1. The van der Waals surface area contributed by atoms with E-state index in [0.29, 0.717) is 35.2 Å². The number of H-pyrrole nitrogens is 1. The predicted molar refractivity (Wildman–Crippen MR) is 104 cm³/mol. The van der Waals surface area contributed by atoms with Crippen molar-refractivity contribution in [3.05, 3.63) is 48.2 Å². The molecule has 8 heteroatoms. The number of fused-ring (bicyclic) bond motifs is 1. The minimum atomic E-state index is -0.555. The Labute approximate surface area is 162 Å². The van der Waals surface area contributed by atoms with Crippen molar-refractivity contribution in [2.45, 2.75) is 0 Å². The van der Waals surface area contributed by atoms with Crippen LogP contribution in [0, 0.1) is 0 Å². The number of primary amides is 1. The highest BCUT2D eigenvalue weighted by Crippen LogP contribution is 2.34. The highest BCUT2D eigenvalue weighted by atomic mass is 16.5. The van der Waals surface area contributed by atoms with Gasteiger partial charge in [-0.15, -0.1) is 0 Å². The van der Waals surface area contributed by atoms with Gasteiger partial charge in [0.15, 0.2) is 5.75 Å². The van der Waals surface area contributed by atoms with Crippen molar-refractivity contribution in [1.29, 1.82) is 0 Å². The largest absolute Gasteiger partial charge is 0.474 e. The van der Waals surface area contributed by atoms with Gasteiger partial charge in [-0.05, 0) is 24.3 Å². The molecule has 0 spiro atoms. The molecule has 1 saturated heterocycles. The molecular formula is C20H22N4O4. The summed E-state index contributed by atoms with van der Waals surface area (Å²) in [5, 5.41) is 0.882. The number of morpholine rings is 1. The predicted octanol–water partition coefficient (Wildman–Crippen LogP) is 2.17. The number of pyridine rings is 1. The van der Waals surface area contributed by atoms with E-state index >= 15 is 0 Å². The van der Waals surface area contributed by atoms with Gasteiger partial charge in [0, 0.05) is 31.2 Å². The molecule has 2 aromatic heterocycles. The third kappa shape index (κ3) is 4.08. The first-order valence-electron chi connectivity index (χ1n) is 9.18. The van der Waals surface area contributed by atoms with Crippen LogP contribution in [0.25, 0.3) is 11.0 Å². The van der Waals surface area contributed by atoms with Crippen LogP contribution in [0.15, 0.2) is 42.6 Å². The Morgan fingerprint density at radius 3 is 2.86 bits per heavy atom. The lowest BCUT2D eigenvalue weighted by Gasteiger charge is -2.26. The maximum absolute atomic E-state index is 11.7. The highest BCUT2D eigenvalue weighted by molar-refractivity contribution is 5.95. The summed E-state index contributed by atoms with van der Waals surface area (Å²) in [5.74, 6) is 0.607. The van der Waals surface area contributed by atoms with E-state index in [9.17, 15) is 4.79 Å². The summed E-state index contributed by atoms with van der Waals surface area (Å²) in [7, 11) is 0. The molecular weight excluding hydrogens is 360 g/mol. The summed E-state index contributed by atoms with van der Waals surface area (Å²) in [6.07, 6.45) is 1.80. The number of hydrogen-bond acceptors (Lipinski definition) is 6. The van der Waals surface area contributed by atoms with Crippen LogP contribution in [0.4, 0.5) is 0 Å². The third-order valence-corrected chi connectivity index (χ3v) is 4.59. The number of aromatic amines is 1. The normalized spacial score (nSPS) is 14.9. The van der Waals surface area contributed by atoms with Crippen molar-refractivity contribution in [2.75, 3.05) is 39.5 Å². The number of amides is 1. The Morgan fingerprint density at radius 1 is 1.21 bits per heavy atom. The van der Waals surface area contributed by atoms with Crippen molar-refractivity contribution in [3.8, 4) is 17.4 Å². The van der Waals surface area contributed by atoms with Crippen LogP contribution in [0.3, 0.4) is 0 Å². The zero-order valence-corrected chi connectivity index (χ0v) is 15.4. The van der Waals surface area contributed by atoms with E-state index in [1.807, 2.05) is 12.1 Å². The molecule has 1 aliphatic heterocycles. The quantitative estimate of drug-likeness (QED) is 0.649. The first-order valence-corrected chi connectivity index (χ1v) is 9.18. The molecule has 0 aliphatic carbocycles. The standard InChI is InChI=1S/C20H22N4O4/c21-18(25)15-3-1-2-4-16(15)28-17-13-14-5-6-22-19(14)23-20(17)27-12-9-24-7-10-26-11-8-24/h1-6,13H,7-12H2,(H2,21,25)(H,22,23). The fourth-order valence-corrected chi connectivity index (χ4v) is 3.10. The lowest BCUT2D eigenvalue weighted by Crippen LogP contribution is -2.38. The fourth-order valence-electron chi connectivity index (χ4n) is 3.10. The molecule has 1 amide bonds. The number of carbonyl (C=O) groups excluding carboxylic acids is 1. The van der Waals surface area contributed by atoms with Gasteiger partial charge >= 0.3 is 0 Å². The van der Waals surface area contributed by atoms with Crippen molar-refractivity contribution < 1.29 is 19.0 Å². The van der Waals surface area contributed by atoms with Gasteiger partial charge in [-0.3, -0.25) is 9.69 Å². The second-order valence-corrected chi connectivity index (χ2v) is 6.47. The number of rotatable bonds is 7. The molecule has 1 aromatic carbocycles. The van der Waals surface area contributed by atoms with Crippen LogP contribution < -0.4 is 15.2 Å². The lowest BCUT2D eigenvalue weighted by atomic mass is 10.2. The van der Waals surface area contributed by atoms with E-state index < -0.39 is 5.91 Å². The maximum atomic E-state index is 11.7. The van der Waals surface area contributed by atoms with Gasteiger partial charge in [0.2, 0.25) is 0 Å². The van der Waals surface area contributed by atoms with Crippen molar-refractivity contribution in [2.24, 2.45) is 5.73 Å². The average Bonchev–Trinajstić information content (AvgIpc) is 3.16. The van der Waals surface area contributed by atoms with Gasteiger partial charge in [-0.25, -0.2) is 0 Å². The Kier molecular flexibility index (Phi) is 5.41. The van der Waals surface area contributed by atoms with E-state index in [0.717, 1.165) is 38.2 Å². The number of para-hydroxylation sites is 1. The van der Waals surface area contributed by atoms with Crippen LogP contribution in [0.5, 0.6) is 17.4 Å². The number of ether oxygens (including phenoxy) is 3. The van der Waals surface area contributed by atoms with Crippen molar-refractivity contribution in [3.63, 3.8) is 0 Å². The third-order valence-electron chi connectivity index (χ3n) is 4.59. The maximum Gasteiger partial charge on any atom is 0.259 e. The number of aromatic nitrogens is 2. The zero-order chi connectivity index (χ0) is 19.3. The summed E-state index contributed by atoms with van der Waals surface area (Å²) < 4.78 is 17.3. The first kappa shape index (κ1) is 18.3. The van der Waals surface area contributed by atoms with Crippen LogP contribution in [-0.4, -0.2) is 60.2 Å². The van der Waals surface area contributed by atoms with Gasteiger partial charge in [-0.2, -0.15) is 4.98 Å². The van der Waals surface area contributed by atoms with E-state index in [1.165, 1.54) is 0 Å². The SMILES string of the molecule is NC(=O)c1ccccc1Oc1cc2cc[nH]c2nc1OCCN1CCOCC1. The molecule has 0 unspecified atom stereocenters. The Hall–Kier alpha value is -3.10. The average molecular weight is 382 g/mol. The van der Waals surface area contributed by atoms with Crippen molar-refractivity contribution in [1.82, 2.24) is 14.9 Å². The Bertz CT molecular complexity index is 966. The lowest BCUT2D eigenvalue weighted by molar-refractivity contribution is 0.0319. The molecule has 0 bridgehead atoms. The van der Waals surface area contributed by atoms with Crippen LogP contribution in [0.2, 0.25) is 0 Å². The monoisotopic (exact) mass is 382 g/mol. The molecule has 4 rings (SSSR count). The Balaban J connectivity index is 1.56. The summed E-state index contributed by atoms with van der Waals surface area (Å²) in [6, 6.07) is 10.6. The van der Waals surface area contributed by atoms with E-state index in [1.54, 1.807) is 30.5 Å². The molecule has 0 atom stereocenters. The first-order chi connectivity index (χ1) is 13.7. The van der Waals surface area contributed by atoms with E-state index in [4.69, 9.17) is 19.9 Å². The number of nitrogens with one attached hydrogen (secondary N) is 1. The van der Waals surface area contributed by atoms with Crippen LogP contribution >= 0.6 is 0 Å². The smallest absolute Gasteiger partial charge is 0.259 e. The van der Waals surface area contributed by atoms with Gasteiger partial charge < -0.3 is 24.9 Å². The number of benzene rings is 1. The molecule has 1 aliphatic rings. The van der Waals surface area contributed by atoms with Crippen LogP contribution in [-0.2, 0) is 4.74 Å². The summed E-state index contributed by atoms with van der Waals surface area (Å²) >= 11 is 0. The topological polar surface area (TPSA) is 103 Å². The minimum absolute atomic E-state index is 0.302. The molecule has 3 heterocycles. The second-order valence-electron chi connectivity index (χ2n) is 6.47. The molecule has 28 heavy (non-hydrogen) atoms. The molecule has 1 fully saturated rings. The fraction of sp³-hybridized carbons (Fsp3) is 0.300. The van der Waals surface area contributed by atoms with Gasteiger partial charge in [-0.1, -0.05) is 12.1 Å².